The van der Waals surface area contributed by atoms with Crippen LogP contribution in [0, 0.1) is 5.92 Å². The van der Waals surface area contributed by atoms with E-state index in [0.717, 1.165) is 0 Å². The van der Waals surface area contributed by atoms with Gasteiger partial charge in [-0.05, 0) is 24.5 Å². The first-order valence-electron chi connectivity index (χ1n) is 5.70. The van der Waals surface area contributed by atoms with E-state index >= 15 is 0 Å². The number of carbonyl (C=O) groups is 2. The highest BCUT2D eigenvalue weighted by molar-refractivity contribution is 5.93. The Morgan fingerprint density at radius 3 is 2.89 bits per heavy atom. The van der Waals surface area contributed by atoms with Crippen LogP contribution in [0.1, 0.15) is 30.1 Å². The molecule has 1 heterocycles. The van der Waals surface area contributed by atoms with Gasteiger partial charge in [-0.15, -0.1) is 0 Å². The van der Waals surface area contributed by atoms with Gasteiger partial charge >= 0.3 is 5.97 Å². The lowest BCUT2D eigenvalue weighted by Crippen LogP contribution is -2.15. The molecule has 6 heteroatoms. The number of carbonyl (C=O) groups excluding carboxylic acids is 1. The van der Waals surface area contributed by atoms with Crippen molar-refractivity contribution in [2.45, 2.75) is 19.8 Å². The van der Waals surface area contributed by atoms with Gasteiger partial charge in [0.15, 0.2) is 0 Å². The van der Waals surface area contributed by atoms with Crippen LogP contribution in [0.15, 0.2) is 18.3 Å². The van der Waals surface area contributed by atoms with Gasteiger partial charge in [-0.2, -0.15) is 0 Å². The average molecular weight is 251 g/mol. The summed E-state index contributed by atoms with van der Waals surface area (Å²) in [7, 11) is 0. The molecule has 0 aliphatic carbocycles. The minimum Gasteiger partial charge on any atom is -0.481 e. The molecule has 1 atom stereocenters. The summed E-state index contributed by atoms with van der Waals surface area (Å²) in [6.07, 6.45) is 2.25. The quantitative estimate of drug-likeness (QED) is 0.672. The number of primary amides is 1. The fourth-order valence-corrected chi connectivity index (χ4v) is 1.43. The number of rotatable bonds is 7. The number of nitrogens with two attached hydrogens (primary N) is 1. The van der Waals surface area contributed by atoms with E-state index in [0.29, 0.717) is 24.3 Å². The number of aliphatic carboxylic acids is 1. The van der Waals surface area contributed by atoms with Gasteiger partial charge in [-0.1, -0.05) is 6.92 Å². The van der Waals surface area contributed by atoms with Crippen molar-refractivity contribution < 1.29 is 14.7 Å². The molecule has 98 valence electrons. The third-order valence-corrected chi connectivity index (χ3v) is 2.53. The van der Waals surface area contributed by atoms with Gasteiger partial charge in [0.05, 0.1) is 0 Å². The second kappa shape index (κ2) is 6.58. The van der Waals surface area contributed by atoms with Crippen molar-refractivity contribution in [3.63, 3.8) is 0 Å². The summed E-state index contributed by atoms with van der Waals surface area (Å²) in [6, 6.07) is 3.12. The maximum absolute atomic E-state index is 11.0. The van der Waals surface area contributed by atoms with E-state index in [2.05, 4.69) is 10.3 Å². The summed E-state index contributed by atoms with van der Waals surface area (Å²) in [4.78, 5) is 25.4. The highest BCUT2D eigenvalue weighted by Gasteiger charge is 2.07. The number of carboxylic acid groups (broad SMARTS) is 1. The average Bonchev–Trinajstić information content (AvgIpc) is 2.34. The highest BCUT2D eigenvalue weighted by atomic mass is 16.4. The topological polar surface area (TPSA) is 105 Å². The molecule has 0 saturated carbocycles. The molecular formula is C12H17N3O3. The molecular weight excluding hydrogens is 234 g/mol. The fourth-order valence-electron chi connectivity index (χ4n) is 1.43. The lowest BCUT2D eigenvalue weighted by molar-refractivity contribution is -0.137. The number of pyridine rings is 1. The molecule has 0 spiro atoms. The monoisotopic (exact) mass is 251 g/mol. The van der Waals surface area contributed by atoms with Gasteiger partial charge in [0, 0.05) is 24.7 Å². The lowest BCUT2D eigenvalue weighted by atomic mass is 10.1. The molecule has 0 aliphatic rings. The van der Waals surface area contributed by atoms with E-state index in [1.165, 1.54) is 6.20 Å². The highest BCUT2D eigenvalue weighted by Crippen LogP contribution is 2.10. The zero-order valence-electron chi connectivity index (χ0n) is 10.2. The van der Waals surface area contributed by atoms with E-state index < -0.39 is 11.9 Å². The van der Waals surface area contributed by atoms with Gasteiger partial charge in [-0.25, -0.2) is 4.98 Å². The summed E-state index contributed by atoms with van der Waals surface area (Å²) < 4.78 is 0. The van der Waals surface area contributed by atoms with Gasteiger partial charge in [0.1, 0.15) is 5.82 Å². The Bertz CT molecular complexity index is 434. The van der Waals surface area contributed by atoms with Crippen molar-refractivity contribution in [3.05, 3.63) is 23.9 Å². The first-order chi connectivity index (χ1) is 8.49. The molecule has 1 amide bonds. The van der Waals surface area contributed by atoms with Crippen molar-refractivity contribution in [1.82, 2.24) is 4.98 Å². The Labute approximate surface area is 105 Å². The Morgan fingerprint density at radius 1 is 1.56 bits per heavy atom. The van der Waals surface area contributed by atoms with Crippen LogP contribution >= 0.6 is 0 Å². The van der Waals surface area contributed by atoms with Crippen LogP contribution in [0.4, 0.5) is 5.82 Å². The Kier molecular flexibility index (Phi) is 5.10. The lowest BCUT2D eigenvalue weighted by Gasteiger charge is -2.12. The zero-order valence-corrected chi connectivity index (χ0v) is 10.2. The van der Waals surface area contributed by atoms with Gasteiger partial charge in [0.2, 0.25) is 5.91 Å². The molecule has 4 N–H and O–H groups in total. The number of aromatic nitrogens is 1. The summed E-state index contributed by atoms with van der Waals surface area (Å²) in [6.45, 7) is 2.55. The number of hydrogen-bond donors (Lipinski definition) is 3. The molecule has 0 radical (unpaired) electrons. The number of hydrogen-bond acceptors (Lipinski definition) is 4. The molecule has 0 fully saturated rings. The first kappa shape index (κ1) is 14.0. The summed E-state index contributed by atoms with van der Waals surface area (Å²) in [5.41, 5.74) is 5.55. The molecule has 0 saturated heterocycles. The number of carboxylic acids is 1. The van der Waals surface area contributed by atoms with Crippen molar-refractivity contribution >= 4 is 17.7 Å². The zero-order chi connectivity index (χ0) is 13.5. The standard InChI is InChI=1S/C12H17N3O3/c1-8(2-3-11(16)17)7-15-10-6-9(12(13)18)4-5-14-10/h4-6,8H,2-3,7H2,1H3,(H2,13,18)(H,14,15)(H,16,17). The van der Waals surface area contributed by atoms with Gasteiger partial charge < -0.3 is 16.2 Å². The minimum atomic E-state index is -0.796. The second-order valence-electron chi connectivity index (χ2n) is 4.21. The Balaban J connectivity index is 2.45. The summed E-state index contributed by atoms with van der Waals surface area (Å²) >= 11 is 0. The normalized spacial score (nSPS) is 11.8. The predicted octanol–water partition coefficient (Wildman–Crippen LogP) is 1.09. The third-order valence-electron chi connectivity index (χ3n) is 2.53. The summed E-state index contributed by atoms with van der Waals surface area (Å²) in [5.74, 6) is -0.524. The molecule has 6 nitrogen and oxygen atoms in total. The largest absolute Gasteiger partial charge is 0.481 e. The van der Waals surface area contributed by atoms with Crippen molar-refractivity contribution in [2.24, 2.45) is 11.7 Å². The van der Waals surface area contributed by atoms with Crippen LogP contribution in [-0.4, -0.2) is 28.5 Å². The Morgan fingerprint density at radius 2 is 2.28 bits per heavy atom. The molecule has 0 aliphatic heterocycles. The second-order valence-corrected chi connectivity index (χ2v) is 4.21. The van der Waals surface area contributed by atoms with Crippen molar-refractivity contribution in [3.8, 4) is 0 Å². The molecule has 1 aromatic rings. The molecule has 18 heavy (non-hydrogen) atoms. The van der Waals surface area contributed by atoms with E-state index in [1.54, 1.807) is 12.1 Å². The minimum absolute atomic E-state index is 0.150. The predicted molar refractivity (Wildman–Crippen MR) is 67.3 cm³/mol. The van der Waals surface area contributed by atoms with Gasteiger partial charge in [-0.3, -0.25) is 9.59 Å². The molecule has 1 unspecified atom stereocenters. The first-order valence-corrected chi connectivity index (χ1v) is 5.70. The number of anilines is 1. The molecule has 0 bridgehead atoms. The van der Waals surface area contributed by atoms with E-state index in [-0.39, 0.29) is 12.3 Å². The van der Waals surface area contributed by atoms with Gasteiger partial charge in [0.25, 0.3) is 0 Å². The van der Waals surface area contributed by atoms with Crippen LogP contribution in [0.2, 0.25) is 0 Å². The third kappa shape index (κ3) is 4.82. The van der Waals surface area contributed by atoms with Crippen LogP contribution in [0.25, 0.3) is 0 Å². The van der Waals surface area contributed by atoms with E-state index in [4.69, 9.17) is 10.8 Å². The van der Waals surface area contributed by atoms with E-state index in [1.807, 2.05) is 6.92 Å². The molecule has 1 aromatic heterocycles. The number of nitrogens with one attached hydrogen (secondary N) is 1. The SMILES string of the molecule is CC(CCC(=O)O)CNc1cc(C(N)=O)ccn1. The van der Waals surface area contributed by atoms with Crippen LogP contribution < -0.4 is 11.1 Å². The van der Waals surface area contributed by atoms with Crippen molar-refractivity contribution in [2.75, 3.05) is 11.9 Å². The fraction of sp³-hybridized carbons (Fsp3) is 0.417. The summed E-state index contributed by atoms with van der Waals surface area (Å²) in [5, 5.41) is 11.6. The molecule has 0 aromatic carbocycles. The Hall–Kier alpha value is -2.11. The number of amides is 1. The maximum atomic E-state index is 11.0. The molecule has 1 rings (SSSR count). The van der Waals surface area contributed by atoms with Crippen LogP contribution in [0.5, 0.6) is 0 Å². The van der Waals surface area contributed by atoms with Crippen molar-refractivity contribution in [1.29, 1.82) is 0 Å². The maximum Gasteiger partial charge on any atom is 0.303 e. The number of nitrogens with zero attached hydrogens (tertiary/aromatic N) is 1. The van der Waals surface area contributed by atoms with Crippen LogP contribution in [0.3, 0.4) is 0 Å². The smallest absolute Gasteiger partial charge is 0.303 e. The van der Waals surface area contributed by atoms with Crippen LogP contribution in [-0.2, 0) is 4.79 Å². The van der Waals surface area contributed by atoms with E-state index in [9.17, 15) is 9.59 Å².